The monoisotopic (exact) mass is 348 g/mol. The van der Waals surface area contributed by atoms with E-state index in [1.165, 1.54) is 17.4 Å². The number of carbonyl (C=O) groups excluding carboxylic acids is 1. The van der Waals surface area contributed by atoms with Crippen LogP contribution < -0.4 is 5.32 Å². The van der Waals surface area contributed by atoms with E-state index in [1.807, 2.05) is 29.6 Å². The molecule has 3 rings (SSSR count). The second-order valence-corrected chi connectivity index (χ2v) is 6.76. The van der Waals surface area contributed by atoms with Crippen LogP contribution in [0.5, 0.6) is 0 Å². The summed E-state index contributed by atoms with van der Waals surface area (Å²) < 4.78 is 5.47. The van der Waals surface area contributed by atoms with Gasteiger partial charge in [-0.2, -0.15) is 0 Å². The van der Waals surface area contributed by atoms with E-state index in [-0.39, 0.29) is 5.91 Å². The van der Waals surface area contributed by atoms with Crippen molar-refractivity contribution in [3.05, 3.63) is 57.5 Å². The first-order valence-electron chi connectivity index (χ1n) is 7.41. The molecule has 0 bridgehead atoms. The Labute approximate surface area is 144 Å². The summed E-state index contributed by atoms with van der Waals surface area (Å²) in [5, 5.41) is 6.54. The van der Waals surface area contributed by atoms with Gasteiger partial charge in [-0.05, 0) is 36.6 Å². The van der Waals surface area contributed by atoms with E-state index in [0.717, 1.165) is 23.4 Å². The first kappa shape index (κ1) is 16.2. The molecule has 1 fully saturated rings. The molecule has 6 heteroatoms. The summed E-state index contributed by atoms with van der Waals surface area (Å²) >= 11 is 7.48. The number of hydrogen-bond donors (Lipinski definition) is 1. The molecule has 0 spiro atoms. The molecule has 2 aromatic rings. The number of halogens is 1. The summed E-state index contributed by atoms with van der Waals surface area (Å²) in [4.78, 5) is 16.5. The third-order valence-electron chi connectivity index (χ3n) is 3.93. The van der Waals surface area contributed by atoms with E-state index in [9.17, 15) is 4.79 Å². The lowest BCUT2D eigenvalue weighted by molar-refractivity contribution is -0.119. The predicted molar refractivity (Wildman–Crippen MR) is 92.5 cm³/mol. The van der Waals surface area contributed by atoms with E-state index in [4.69, 9.17) is 16.3 Å². The fourth-order valence-electron chi connectivity index (χ4n) is 2.72. The van der Waals surface area contributed by atoms with Crippen molar-refractivity contribution in [2.24, 2.45) is 0 Å². The highest BCUT2D eigenvalue weighted by atomic mass is 35.5. The summed E-state index contributed by atoms with van der Waals surface area (Å²) in [5.74, 6) is -0.128. The highest BCUT2D eigenvalue weighted by molar-refractivity contribution is 7.10. The van der Waals surface area contributed by atoms with Crippen LogP contribution in [0.2, 0.25) is 5.02 Å². The van der Waals surface area contributed by atoms with Crippen LogP contribution >= 0.6 is 22.9 Å². The minimum absolute atomic E-state index is 0.128. The lowest BCUT2D eigenvalue weighted by Crippen LogP contribution is -2.49. The number of nitrogens with one attached hydrogen (secondary N) is 1. The molecule has 23 heavy (non-hydrogen) atoms. The number of amides is 1. The molecule has 0 atom stereocenters. The van der Waals surface area contributed by atoms with Crippen molar-refractivity contribution in [1.82, 2.24) is 10.3 Å². The van der Waals surface area contributed by atoms with Crippen molar-refractivity contribution >= 4 is 34.9 Å². The van der Waals surface area contributed by atoms with Crippen LogP contribution in [0.4, 0.5) is 0 Å². The molecular weight excluding hydrogens is 332 g/mol. The quantitative estimate of drug-likeness (QED) is 0.858. The lowest BCUT2D eigenvalue weighted by atomic mass is 9.82. The third-order valence-corrected chi connectivity index (χ3v) is 4.93. The summed E-state index contributed by atoms with van der Waals surface area (Å²) in [6, 6.07) is 7.65. The Hall–Kier alpha value is -1.69. The number of thiazole rings is 1. The van der Waals surface area contributed by atoms with Gasteiger partial charge in [0.15, 0.2) is 0 Å². The molecule has 1 aromatic heterocycles. The summed E-state index contributed by atoms with van der Waals surface area (Å²) in [5.41, 5.74) is 0.647. The minimum atomic E-state index is -0.410. The number of benzene rings is 1. The average Bonchev–Trinajstić information content (AvgIpc) is 3.08. The summed E-state index contributed by atoms with van der Waals surface area (Å²) in [7, 11) is 0. The Morgan fingerprint density at radius 3 is 2.70 bits per heavy atom. The molecule has 0 radical (unpaired) electrons. The van der Waals surface area contributed by atoms with Gasteiger partial charge in [0.1, 0.15) is 5.01 Å². The number of ether oxygens (including phenoxy) is 1. The largest absolute Gasteiger partial charge is 0.381 e. The number of nitrogens with zero attached hydrogens (tertiary/aromatic N) is 1. The summed E-state index contributed by atoms with van der Waals surface area (Å²) in [6.07, 6.45) is 6.47. The van der Waals surface area contributed by atoms with Crippen LogP contribution in [-0.2, 0) is 15.1 Å². The van der Waals surface area contributed by atoms with Crippen LogP contribution in [0.1, 0.15) is 23.4 Å². The van der Waals surface area contributed by atoms with Crippen LogP contribution in [0.15, 0.2) is 41.9 Å². The van der Waals surface area contributed by atoms with Crippen molar-refractivity contribution in [1.29, 1.82) is 0 Å². The maximum absolute atomic E-state index is 12.4. The highest BCUT2D eigenvalue weighted by Crippen LogP contribution is 2.32. The molecule has 4 nitrogen and oxygen atoms in total. The van der Waals surface area contributed by atoms with E-state index < -0.39 is 5.54 Å². The fourth-order valence-corrected chi connectivity index (χ4v) is 3.37. The molecular formula is C17H17ClN2O2S. The van der Waals surface area contributed by atoms with Gasteiger partial charge in [-0.15, -0.1) is 11.3 Å². The lowest BCUT2D eigenvalue weighted by Gasteiger charge is -2.38. The molecule has 1 amide bonds. The summed E-state index contributed by atoms with van der Waals surface area (Å²) in [6.45, 7) is 1.25. The van der Waals surface area contributed by atoms with Gasteiger partial charge in [0, 0.05) is 35.9 Å². The minimum Gasteiger partial charge on any atom is -0.381 e. The van der Waals surface area contributed by atoms with E-state index in [2.05, 4.69) is 10.3 Å². The second-order valence-electron chi connectivity index (χ2n) is 5.39. The number of hydrogen-bond acceptors (Lipinski definition) is 4. The Bertz CT molecular complexity index is 677. The normalized spacial score (nSPS) is 17.3. The van der Waals surface area contributed by atoms with Crippen LogP contribution in [0, 0.1) is 0 Å². The zero-order chi connectivity index (χ0) is 16.1. The van der Waals surface area contributed by atoms with Crippen LogP contribution in [0.3, 0.4) is 0 Å². The molecule has 1 saturated heterocycles. The molecule has 1 N–H and O–H groups in total. The highest BCUT2D eigenvalue weighted by Gasteiger charge is 2.35. The van der Waals surface area contributed by atoms with E-state index in [1.54, 1.807) is 12.3 Å². The van der Waals surface area contributed by atoms with Gasteiger partial charge >= 0.3 is 0 Å². The van der Waals surface area contributed by atoms with Gasteiger partial charge in [-0.1, -0.05) is 23.7 Å². The van der Waals surface area contributed by atoms with Gasteiger partial charge in [-0.25, -0.2) is 4.98 Å². The fraction of sp³-hybridized carbons (Fsp3) is 0.294. The van der Waals surface area contributed by atoms with Gasteiger partial charge < -0.3 is 10.1 Å². The molecule has 1 aromatic carbocycles. The Balaban J connectivity index is 1.79. The Kier molecular flexibility index (Phi) is 5.10. The topological polar surface area (TPSA) is 51.2 Å². The maximum Gasteiger partial charge on any atom is 0.244 e. The van der Waals surface area contributed by atoms with Crippen molar-refractivity contribution in [2.45, 2.75) is 18.4 Å². The maximum atomic E-state index is 12.4. The first-order chi connectivity index (χ1) is 11.2. The number of carbonyl (C=O) groups is 1. The molecule has 0 saturated carbocycles. The third kappa shape index (κ3) is 3.99. The molecule has 1 aliphatic rings. The molecule has 1 aliphatic heterocycles. The van der Waals surface area contributed by atoms with Gasteiger partial charge in [0.25, 0.3) is 0 Å². The Morgan fingerprint density at radius 1 is 1.30 bits per heavy atom. The van der Waals surface area contributed by atoms with Crippen LogP contribution in [0.25, 0.3) is 6.08 Å². The predicted octanol–water partition coefficient (Wildman–Crippen LogP) is 3.63. The number of rotatable bonds is 4. The van der Waals surface area contributed by atoms with Crippen molar-refractivity contribution in [2.75, 3.05) is 13.2 Å². The molecule has 0 aliphatic carbocycles. The zero-order valence-electron chi connectivity index (χ0n) is 12.5. The van der Waals surface area contributed by atoms with E-state index >= 15 is 0 Å². The SMILES string of the molecule is O=C(C=Cc1nccs1)NC1(c2ccc(Cl)cc2)CCOCC1. The van der Waals surface area contributed by atoms with Gasteiger partial charge in [0.05, 0.1) is 5.54 Å². The van der Waals surface area contributed by atoms with Crippen molar-refractivity contribution in [3.8, 4) is 0 Å². The molecule has 2 heterocycles. The van der Waals surface area contributed by atoms with E-state index in [0.29, 0.717) is 18.2 Å². The second kappa shape index (κ2) is 7.25. The van der Waals surface area contributed by atoms with Crippen molar-refractivity contribution < 1.29 is 9.53 Å². The Morgan fingerprint density at radius 2 is 2.04 bits per heavy atom. The van der Waals surface area contributed by atoms with Gasteiger partial charge in [-0.3, -0.25) is 4.79 Å². The molecule has 0 unspecified atom stereocenters. The smallest absolute Gasteiger partial charge is 0.244 e. The van der Waals surface area contributed by atoms with Crippen LogP contribution in [-0.4, -0.2) is 24.1 Å². The first-order valence-corrected chi connectivity index (χ1v) is 8.67. The van der Waals surface area contributed by atoms with Gasteiger partial charge in [0.2, 0.25) is 5.91 Å². The average molecular weight is 349 g/mol. The standard InChI is InChI=1S/C17H17ClN2O2S/c18-14-3-1-13(2-4-14)17(7-10-22-11-8-17)20-15(21)5-6-16-19-9-12-23-16/h1-6,9,12H,7-8,10-11H2,(H,20,21). The molecule has 120 valence electrons. The van der Waals surface area contributed by atoms with Crippen molar-refractivity contribution in [3.63, 3.8) is 0 Å². The number of aromatic nitrogens is 1. The zero-order valence-corrected chi connectivity index (χ0v) is 14.1.